The summed E-state index contributed by atoms with van der Waals surface area (Å²) >= 11 is 2.34. The summed E-state index contributed by atoms with van der Waals surface area (Å²) in [6.07, 6.45) is 3.67. The Hall–Kier alpha value is -0.0600. The van der Waals surface area contributed by atoms with Crippen LogP contribution in [0.1, 0.15) is 31.5 Å². The molecule has 2 rings (SSSR count). The first-order chi connectivity index (χ1) is 5.99. The van der Waals surface area contributed by atoms with E-state index in [1.54, 1.807) is 0 Å². The minimum Gasteiger partial charge on any atom is -0.271 e. The predicted molar refractivity (Wildman–Crippen MR) is 61.7 cm³/mol. The molecule has 0 atom stereocenters. The minimum atomic E-state index is 0.462. The standard InChI is InChI=1S/C10H15IN2/c1-10(2)5-4-7-8(6-10)13(3)12-9(7)11/h4-6H2,1-3H3. The quantitative estimate of drug-likeness (QED) is 0.671. The molecule has 72 valence electrons. The smallest absolute Gasteiger partial charge is 0.126 e. The largest absolute Gasteiger partial charge is 0.271 e. The van der Waals surface area contributed by atoms with Gasteiger partial charge in [-0.05, 0) is 47.3 Å². The Morgan fingerprint density at radius 3 is 2.85 bits per heavy atom. The summed E-state index contributed by atoms with van der Waals surface area (Å²) in [5.74, 6) is 0. The Kier molecular flexibility index (Phi) is 2.17. The molecule has 0 unspecified atom stereocenters. The Morgan fingerprint density at radius 2 is 2.15 bits per heavy atom. The van der Waals surface area contributed by atoms with Crippen LogP contribution >= 0.6 is 22.6 Å². The zero-order valence-electron chi connectivity index (χ0n) is 8.39. The van der Waals surface area contributed by atoms with E-state index in [2.05, 4.69) is 53.3 Å². The summed E-state index contributed by atoms with van der Waals surface area (Å²) in [5.41, 5.74) is 3.40. The Balaban J connectivity index is 2.45. The molecule has 1 aliphatic rings. The highest BCUT2D eigenvalue weighted by molar-refractivity contribution is 14.1. The summed E-state index contributed by atoms with van der Waals surface area (Å²) in [5, 5.41) is 4.46. The van der Waals surface area contributed by atoms with Gasteiger partial charge in [-0.3, -0.25) is 4.68 Å². The molecule has 0 radical (unpaired) electrons. The number of hydrogen-bond donors (Lipinski definition) is 0. The summed E-state index contributed by atoms with van der Waals surface area (Å²) in [7, 11) is 2.06. The van der Waals surface area contributed by atoms with Gasteiger partial charge in [-0.1, -0.05) is 13.8 Å². The first-order valence-corrected chi connectivity index (χ1v) is 5.78. The minimum absolute atomic E-state index is 0.462. The van der Waals surface area contributed by atoms with Crippen LogP contribution in [-0.2, 0) is 19.9 Å². The third-order valence-electron chi connectivity index (χ3n) is 2.92. The molecule has 1 aliphatic carbocycles. The van der Waals surface area contributed by atoms with Crippen LogP contribution < -0.4 is 0 Å². The Labute approximate surface area is 92.8 Å². The number of rotatable bonds is 0. The lowest BCUT2D eigenvalue weighted by molar-refractivity contribution is 0.306. The second-order valence-electron chi connectivity index (χ2n) is 4.68. The molecule has 0 amide bonds. The van der Waals surface area contributed by atoms with E-state index in [4.69, 9.17) is 0 Å². The van der Waals surface area contributed by atoms with Crippen molar-refractivity contribution in [3.05, 3.63) is 15.0 Å². The number of fused-ring (bicyclic) bond motifs is 1. The van der Waals surface area contributed by atoms with Crippen molar-refractivity contribution in [3.8, 4) is 0 Å². The van der Waals surface area contributed by atoms with Crippen molar-refractivity contribution in [2.75, 3.05) is 0 Å². The van der Waals surface area contributed by atoms with Gasteiger partial charge in [-0.25, -0.2) is 0 Å². The van der Waals surface area contributed by atoms with Crippen LogP contribution in [-0.4, -0.2) is 9.78 Å². The highest BCUT2D eigenvalue weighted by Gasteiger charge is 2.29. The van der Waals surface area contributed by atoms with Gasteiger partial charge in [-0.2, -0.15) is 5.10 Å². The maximum absolute atomic E-state index is 4.46. The van der Waals surface area contributed by atoms with E-state index in [1.807, 2.05) is 0 Å². The topological polar surface area (TPSA) is 17.8 Å². The van der Waals surface area contributed by atoms with Crippen LogP contribution in [0.3, 0.4) is 0 Å². The van der Waals surface area contributed by atoms with Gasteiger partial charge in [0.05, 0.1) is 0 Å². The number of halogens is 1. The van der Waals surface area contributed by atoms with Crippen molar-refractivity contribution in [2.24, 2.45) is 12.5 Å². The van der Waals surface area contributed by atoms with Gasteiger partial charge in [0.2, 0.25) is 0 Å². The molecule has 0 saturated carbocycles. The maximum atomic E-state index is 4.46. The van der Waals surface area contributed by atoms with Crippen molar-refractivity contribution in [3.63, 3.8) is 0 Å². The molecule has 1 aromatic heterocycles. The van der Waals surface area contributed by atoms with Gasteiger partial charge in [-0.15, -0.1) is 0 Å². The maximum Gasteiger partial charge on any atom is 0.126 e. The molecular formula is C10H15IN2. The average molecular weight is 290 g/mol. The van der Waals surface area contributed by atoms with Crippen molar-refractivity contribution in [1.29, 1.82) is 0 Å². The van der Waals surface area contributed by atoms with Crippen molar-refractivity contribution in [1.82, 2.24) is 9.78 Å². The third-order valence-corrected chi connectivity index (χ3v) is 3.79. The first kappa shape index (κ1) is 9.49. The monoisotopic (exact) mass is 290 g/mol. The molecule has 0 aliphatic heterocycles. The van der Waals surface area contributed by atoms with Crippen LogP contribution in [0, 0.1) is 9.12 Å². The molecule has 0 N–H and O–H groups in total. The lowest BCUT2D eigenvalue weighted by Crippen LogP contribution is -2.23. The molecular weight excluding hydrogens is 275 g/mol. The van der Waals surface area contributed by atoms with E-state index in [0.29, 0.717) is 5.41 Å². The van der Waals surface area contributed by atoms with E-state index in [0.717, 1.165) is 0 Å². The van der Waals surface area contributed by atoms with E-state index in [-0.39, 0.29) is 0 Å². The SMILES string of the molecule is Cn1nc(I)c2c1CC(C)(C)CC2. The molecule has 0 saturated heterocycles. The Morgan fingerprint density at radius 1 is 1.46 bits per heavy atom. The summed E-state index contributed by atoms with van der Waals surface area (Å²) in [4.78, 5) is 0. The van der Waals surface area contributed by atoms with E-state index >= 15 is 0 Å². The molecule has 0 fully saturated rings. The molecule has 3 heteroatoms. The van der Waals surface area contributed by atoms with Crippen LogP contribution in [0.25, 0.3) is 0 Å². The van der Waals surface area contributed by atoms with Gasteiger partial charge in [0.15, 0.2) is 0 Å². The molecule has 0 bridgehead atoms. The number of aryl methyl sites for hydroxylation is 1. The van der Waals surface area contributed by atoms with Gasteiger partial charge in [0.1, 0.15) is 3.70 Å². The number of nitrogens with zero attached hydrogens (tertiary/aromatic N) is 2. The zero-order chi connectivity index (χ0) is 9.64. The van der Waals surface area contributed by atoms with E-state index < -0.39 is 0 Å². The van der Waals surface area contributed by atoms with Crippen LogP contribution in [0.5, 0.6) is 0 Å². The van der Waals surface area contributed by atoms with Gasteiger partial charge in [0, 0.05) is 18.3 Å². The summed E-state index contributed by atoms with van der Waals surface area (Å²) in [6, 6.07) is 0. The first-order valence-electron chi connectivity index (χ1n) is 4.70. The highest BCUT2D eigenvalue weighted by atomic mass is 127. The molecule has 2 nitrogen and oxygen atoms in total. The second-order valence-corrected chi connectivity index (χ2v) is 5.70. The van der Waals surface area contributed by atoms with Crippen LogP contribution in [0.4, 0.5) is 0 Å². The number of hydrogen-bond acceptors (Lipinski definition) is 1. The average Bonchev–Trinajstić information content (AvgIpc) is 2.26. The molecule has 0 aromatic carbocycles. The fourth-order valence-corrected chi connectivity index (χ4v) is 2.95. The van der Waals surface area contributed by atoms with E-state index in [1.165, 1.54) is 34.2 Å². The summed E-state index contributed by atoms with van der Waals surface area (Å²) in [6.45, 7) is 4.69. The van der Waals surface area contributed by atoms with Gasteiger partial charge in [0.25, 0.3) is 0 Å². The van der Waals surface area contributed by atoms with Crippen molar-refractivity contribution in [2.45, 2.75) is 33.1 Å². The molecule has 13 heavy (non-hydrogen) atoms. The lowest BCUT2D eigenvalue weighted by atomic mass is 9.77. The molecule has 0 spiro atoms. The predicted octanol–water partition coefficient (Wildman–Crippen LogP) is 2.54. The lowest BCUT2D eigenvalue weighted by Gasteiger charge is -2.29. The van der Waals surface area contributed by atoms with Crippen molar-refractivity contribution >= 4 is 22.6 Å². The molecule has 1 aromatic rings. The van der Waals surface area contributed by atoms with Crippen molar-refractivity contribution < 1.29 is 0 Å². The number of aromatic nitrogens is 2. The van der Waals surface area contributed by atoms with Crippen LogP contribution in [0.2, 0.25) is 0 Å². The van der Waals surface area contributed by atoms with Crippen LogP contribution in [0.15, 0.2) is 0 Å². The third kappa shape index (κ3) is 1.63. The fraction of sp³-hybridized carbons (Fsp3) is 0.700. The second kappa shape index (κ2) is 2.97. The van der Waals surface area contributed by atoms with Gasteiger partial charge >= 0.3 is 0 Å². The van der Waals surface area contributed by atoms with Gasteiger partial charge < -0.3 is 0 Å². The van der Waals surface area contributed by atoms with E-state index in [9.17, 15) is 0 Å². The molecule has 1 heterocycles. The highest BCUT2D eigenvalue weighted by Crippen LogP contribution is 2.35. The summed E-state index contributed by atoms with van der Waals surface area (Å²) < 4.78 is 3.25. The zero-order valence-corrected chi connectivity index (χ0v) is 10.6. The fourth-order valence-electron chi connectivity index (χ4n) is 2.04. The normalized spacial score (nSPS) is 20.0. The Bertz CT molecular complexity index is 339.